The average molecular weight is 205 g/mol. The maximum atomic E-state index is 9.41. The number of fused-ring (bicyclic) bond motifs is 3. The fraction of sp³-hybridized carbons (Fsp3) is 0.500. The second kappa shape index (κ2) is 3.22. The normalized spacial score (nSPS) is 29.9. The van der Waals surface area contributed by atoms with E-state index in [2.05, 4.69) is 11.9 Å². The van der Waals surface area contributed by atoms with Crippen molar-refractivity contribution in [3.8, 4) is 5.75 Å². The third-order valence-electron chi connectivity index (χ3n) is 3.43. The van der Waals surface area contributed by atoms with Gasteiger partial charge in [-0.1, -0.05) is 6.07 Å². The molecule has 3 heteroatoms. The van der Waals surface area contributed by atoms with Crippen LogP contribution in [0.5, 0.6) is 5.75 Å². The summed E-state index contributed by atoms with van der Waals surface area (Å²) < 4.78 is 5.80. The molecule has 0 saturated carbocycles. The topological polar surface area (TPSA) is 32.7 Å². The Labute approximate surface area is 89.3 Å². The molecule has 80 valence electrons. The van der Waals surface area contributed by atoms with Gasteiger partial charge in [0.25, 0.3) is 0 Å². The highest BCUT2D eigenvalue weighted by Gasteiger charge is 2.36. The molecule has 2 heterocycles. The predicted octanol–water partition coefficient (Wildman–Crippen LogP) is 1.32. The number of likely N-dealkylation sites (tertiary alicyclic amines) is 1. The third-order valence-corrected chi connectivity index (χ3v) is 3.43. The van der Waals surface area contributed by atoms with Crippen LogP contribution in [0.2, 0.25) is 0 Å². The van der Waals surface area contributed by atoms with Crippen molar-refractivity contribution in [2.45, 2.75) is 18.6 Å². The first-order valence-electron chi connectivity index (χ1n) is 5.36. The van der Waals surface area contributed by atoms with Gasteiger partial charge in [-0.05, 0) is 30.3 Å². The lowest BCUT2D eigenvalue weighted by Gasteiger charge is -2.27. The zero-order valence-corrected chi connectivity index (χ0v) is 8.81. The van der Waals surface area contributed by atoms with Gasteiger partial charge in [0.05, 0.1) is 12.7 Å². The molecule has 0 amide bonds. The van der Waals surface area contributed by atoms with Crippen LogP contribution in [0.15, 0.2) is 18.2 Å². The molecular formula is C12H15NO2. The van der Waals surface area contributed by atoms with Crippen molar-refractivity contribution in [1.82, 2.24) is 4.90 Å². The van der Waals surface area contributed by atoms with E-state index in [1.807, 2.05) is 12.1 Å². The van der Waals surface area contributed by atoms with E-state index in [0.29, 0.717) is 24.4 Å². The molecule has 1 aromatic carbocycles. The van der Waals surface area contributed by atoms with Gasteiger partial charge in [-0.2, -0.15) is 0 Å². The molecule has 1 N–H and O–H groups in total. The van der Waals surface area contributed by atoms with Crippen LogP contribution in [0, 0.1) is 0 Å². The highest BCUT2D eigenvalue weighted by Crippen LogP contribution is 2.37. The van der Waals surface area contributed by atoms with Crippen LogP contribution in [-0.2, 0) is 11.3 Å². The fourth-order valence-electron chi connectivity index (χ4n) is 2.71. The van der Waals surface area contributed by atoms with Crippen LogP contribution >= 0.6 is 0 Å². The zero-order chi connectivity index (χ0) is 10.4. The minimum absolute atomic E-state index is 0.335. The molecule has 0 aliphatic carbocycles. The average Bonchev–Trinajstić information content (AvgIpc) is 2.58. The Balaban J connectivity index is 2.01. The third kappa shape index (κ3) is 1.43. The van der Waals surface area contributed by atoms with Crippen molar-refractivity contribution >= 4 is 0 Å². The quantitative estimate of drug-likeness (QED) is 0.693. The first kappa shape index (κ1) is 9.19. The summed E-state index contributed by atoms with van der Waals surface area (Å²) in [6.45, 7) is 2.71. The van der Waals surface area contributed by atoms with E-state index in [9.17, 15) is 5.11 Å². The summed E-state index contributed by atoms with van der Waals surface area (Å²) in [4.78, 5) is 2.30. The Hall–Kier alpha value is -1.06. The van der Waals surface area contributed by atoms with Crippen molar-refractivity contribution in [1.29, 1.82) is 0 Å². The van der Waals surface area contributed by atoms with Crippen molar-refractivity contribution in [3.05, 3.63) is 29.3 Å². The van der Waals surface area contributed by atoms with Gasteiger partial charge >= 0.3 is 0 Å². The summed E-state index contributed by atoms with van der Waals surface area (Å²) in [6.07, 6.45) is 0.340. The first-order chi connectivity index (χ1) is 7.24. The molecule has 0 radical (unpaired) electrons. The Morgan fingerprint density at radius 3 is 3.13 bits per heavy atom. The Bertz CT molecular complexity index is 391. The molecule has 2 atom stereocenters. The van der Waals surface area contributed by atoms with Crippen LogP contribution in [0.4, 0.5) is 0 Å². The zero-order valence-electron chi connectivity index (χ0n) is 8.81. The molecular weight excluding hydrogens is 190 g/mol. The second-order valence-corrected chi connectivity index (χ2v) is 4.56. The van der Waals surface area contributed by atoms with Gasteiger partial charge in [-0.3, -0.25) is 0 Å². The smallest absolute Gasteiger partial charge is 0.115 e. The van der Waals surface area contributed by atoms with Gasteiger partial charge in [-0.15, -0.1) is 0 Å². The van der Waals surface area contributed by atoms with Gasteiger partial charge in [0.1, 0.15) is 5.75 Å². The molecule has 1 fully saturated rings. The van der Waals surface area contributed by atoms with Crippen molar-refractivity contribution in [2.75, 3.05) is 20.1 Å². The maximum absolute atomic E-state index is 9.41. The molecule has 15 heavy (non-hydrogen) atoms. The minimum atomic E-state index is 0.335. The highest BCUT2D eigenvalue weighted by molar-refractivity contribution is 5.39. The largest absolute Gasteiger partial charge is 0.508 e. The number of phenols is 1. The van der Waals surface area contributed by atoms with Crippen LogP contribution in [-0.4, -0.2) is 36.2 Å². The summed E-state index contributed by atoms with van der Waals surface area (Å²) in [5.74, 6) is 0.821. The van der Waals surface area contributed by atoms with Gasteiger partial charge in [0.15, 0.2) is 0 Å². The molecule has 3 rings (SSSR count). The van der Waals surface area contributed by atoms with Gasteiger partial charge in [0.2, 0.25) is 0 Å². The number of hydrogen-bond donors (Lipinski definition) is 1. The lowest BCUT2D eigenvalue weighted by molar-refractivity contribution is 0.0261. The standard InChI is InChI=1S/C12H15NO2/c1-13-5-11-10-3-2-9(14)4-8(10)7-15-12(11)6-13/h2-4,11-12,14H,5-7H2,1H3/t11-,12+/m0/s1. The Kier molecular flexibility index (Phi) is 1.97. The lowest BCUT2D eigenvalue weighted by Crippen LogP contribution is -2.26. The molecule has 2 aliphatic rings. The first-order valence-corrected chi connectivity index (χ1v) is 5.36. The number of aromatic hydroxyl groups is 1. The van der Waals surface area contributed by atoms with Gasteiger partial charge in [-0.25, -0.2) is 0 Å². The van der Waals surface area contributed by atoms with Crippen molar-refractivity contribution in [3.63, 3.8) is 0 Å². The Morgan fingerprint density at radius 2 is 2.27 bits per heavy atom. The molecule has 0 bridgehead atoms. The van der Waals surface area contributed by atoms with Crippen LogP contribution in [0.3, 0.4) is 0 Å². The highest BCUT2D eigenvalue weighted by atomic mass is 16.5. The Morgan fingerprint density at radius 1 is 1.40 bits per heavy atom. The number of ether oxygens (including phenoxy) is 1. The molecule has 3 nitrogen and oxygen atoms in total. The van der Waals surface area contributed by atoms with E-state index in [0.717, 1.165) is 18.7 Å². The van der Waals surface area contributed by atoms with E-state index < -0.39 is 0 Å². The molecule has 0 unspecified atom stereocenters. The number of likely N-dealkylation sites (N-methyl/N-ethyl adjacent to an activating group) is 1. The molecule has 1 aromatic rings. The summed E-state index contributed by atoms with van der Waals surface area (Å²) in [5.41, 5.74) is 2.50. The fourth-order valence-corrected chi connectivity index (χ4v) is 2.71. The van der Waals surface area contributed by atoms with E-state index in [4.69, 9.17) is 4.74 Å². The second-order valence-electron chi connectivity index (χ2n) is 4.56. The molecule has 1 saturated heterocycles. The van der Waals surface area contributed by atoms with E-state index in [1.54, 1.807) is 6.07 Å². The van der Waals surface area contributed by atoms with Crippen LogP contribution in [0.25, 0.3) is 0 Å². The molecule has 0 spiro atoms. The summed E-state index contributed by atoms with van der Waals surface area (Å²) in [5, 5.41) is 9.41. The van der Waals surface area contributed by atoms with E-state index in [1.165, 1.54) is 5.56 Å². The summed E-state index contributed by atoms with van der Waals surface area (Å²) >= 11 is 0. The molecule has 0 aromatic heterocycles. The monoisotopic (exact) mass is 205 g/mol. The van der Waals surface area contributed by atoms with Gasteiger partial charge in [0, 0.05) is 19.0 Å². The SMILES string of the molecule is CN1C[C@H]2OCc3cc(O)ccc3[C@@H]2C1. The number of hydrogen-bond acceptors (Lipinski definition) is 3. The van der Waals surface area contributed by atoms with Gasteiger partial charge < -0.3 is 14.7 Å². The number of benzene rings is 1. The van der Waals surface area contributed by atoms with E-state index in [-0.39, 0.29) is 0 Å². The predicted molar refractivity (Wildman–Crippen MR) is 56.9 cm³/mol. The molecule has 2 aliphatic heterocycles. The lowest BCUT2D eigenvalue weighted by atomic mass is 9.89. The van der Waals surface area contributed by atoms with E-state index >= 15 is 0 Å². The summed E-state index contributed by atoms with van der Waals surface area (Å²) in [7, 11) is 2.13. The van der Waals surface area contributed by atoms with Crippen LogP contribution in [0.1, 0.15) is 17.0 Å². The van der Waals surface area contributed by atoms with Crippen molar-refractivity contribution in [2.24, 2.45) is 0 Å². The number of nitrogens with zero attached hydrogens (tertiary/aromatic N) is 1. The summed E-state index contributed by atoms with van der Waals surface area (Å²) in [6, 6.07) is 5.65. The number of phenolic OH excluding ortho intramolecular Hbond substituents is 1. The maximum Gasteiger partial charge on any atom is 0.115 e. The number of rotatable bonds is 0. The van der Waals surface area contributed by atoms with Crippen LogP contribution < -0.4 is 0 Å². The minimum Gasteiger partial charge on any atom is -0.508 e. The van der Waals surface area contributed by atoms with Crippen molar-refractivity contribution < 1.29 is 9.84 Å².